The fourth-order valence-corrected chi connectivity index (χ4v) is 1.21. The number of carbonyl (C=O) groups is 1. The van der Waals surface area contributed by atoms with Crippen LogP contribution in [-0.4, -0.2) is 33.0 Å². The van der Waals surface area contributed by atoms with Gasteiger partial charge in [0.2, 0.25) is 0 Å². The number of hydrogen-bond donors (Lipinski definition) is 0. The molecule has 6 heteroatoms. The topological polar surface area (TPSA) is 57.1 Å². The molecule has 18 heavy (non-hydrogen) atoms. The highest BCUT2D eigenvalue weighted by molar-refractivity contribution is 6.23. The van der Waals surface area contributed by atoms with E-state index in [2.05, 4.69) is 4.99 Å². The monoisotopic (exact) mass is 273 g/mol. The first-order chi connectivity index (χ1) is 8.21. The second-order valence-corrected chi connectivity index (χ2v) is 3.05. The lowest BCUT2D eigenvalue weighted by molar-refractivity contribution is -0.134. The van der Waals surface area contributed by atoms with Gasteiger partial charge in [-0.15, -0.1) is 12.4 Å². The molecule has 0 saturated heterocycles. The van der Waals surface area contributed by atoms with Crippen molar-refractivity contribution in [2.75, 3.05) is 20.8 Å². The fraction of sp³-hybridized carbons (Fsp3) is 0.333. The van der Waals surface area contributed by atoms with Crippen LogP contribution in [0.3, 0.4) is 0 Å². The summed E-state index contributed by atoms with van der Waals surface area (Å²) in [5.41, 5.74) is 0.593. The van der Waals surface area contributed by atoms with Crippen LogP contribution < -0.4 is 9.47 Å². The average Bonchev–Trinajstić information content (AvgIpc) is 2.36. The second kappa shape index (κ2) is 8.36. The van der Waals surface area contributed by atoms with Gasteiger partial charge in [-0.3, -0.25) is 0 Å². The molecule has 100 valence electrons. The van der Waals surface area contributed by atoms with Gasteiger partial charge in [0.15, 0.2) is 11.5 Å². The van der Waals surface area contributed by atoms with Crippen LogP contribution >= 0.6 is 12.4 Å². The van der Waals surface area contributed by atoms with E-state index in [0.717, 1.165) is 6.21 Å². The summed E-state index contributed by atoms with van der Waals surface area (Å²) in [5, 5.41) is 0. The van der Waals surface area contributed by atoms with E-state index in [-0.39, 0.29) is 12.4 Å². The molecule has 5 nitrogen and oxygen atoms in total. The van der Waals surface area contributed by atoms with Crippen LogP contribution in [0.2, 0.25) is 0 Å². The normalized spacial score (nSPS) is 9.72. The SMILES string of the molecule is CCOC(=O)C=Nc1ccc(OC)c(OC)c1.Cl. The number of hydrogen-bond acceptors (Lipinski definition) is 5. The van der Waals surface area contributed by atoms with Crippen molar-refractivity contribution < 1.29 is 19.0 Å². The molecule has 0 aromatic heterocycles. The molecule has 0 unspecified atom stereocenters. The number of carbonyl (C=O) groups excluding carboxylic acids is 1. The molecular formula is C12H16ClNO4. The van der Waals surface area contributed by atoms with Crippen molar-refractivity contribution in [3.05, 3.63) is 18.2 Å². The van der Waals surface area contributed by atoms with Gasteiger partial charge in [-0.2, -0.15) is 0 Å². The van der Waals surface area contributed by atoms with Crippen molar-refractivity contribution >= 4 is 30.3 Å². The molecule has 0 aliphatic carbocycles. The summed E-state index contributed by atoms with van der Waals surface area (Å²) in [6.07, 6.45) is 1.13. The highest BCUT2D eigenvalue weighted by atomic mass is 35.5. The van der Waals surface area contributed by atoms with E-state index >= 15 is 0 Å². The average molecular weight is 274 g/mol. The first-order valence-corrected chi connectivity index (χ1v) is 5.14. The Morgan fingerprint density at radius 2 is 1.94 bits per heavy atom. The van der Waals surface area contributed by atoms with E-state index in [1.165, 1.54) is 7.11 Å². The molecule has 1 rings (SSSR count). The lowest BCUT2D eigenvalue weighted by Crippen LogP contribution is -2.04. The maximum absolute atomic E-state index is 11.1. The van der Waals surface area contributed by atoms with Crippen molar-refractivity contribution in [1.82, 2.24) is 0 Å². The van der Waals surface area contributed by atoms with E-state index in [1.54, 1.807) is 32.2 Å². The van der Waals surface area contributed by atoms with Gasteiger partial charge in [-0.1, -0.05) is 0 Å². The number of benzene rings is 1. The number of nitrogens with zero attached hydrogens (tertiary/aromatic N) is 1. The van der Waals surface area contributed by atoms with Crippen LogP contribution in [0.25, 0.3) is 0 Å². The van der Waals surface area contributed by atoms with Crippen LogP contribution in [-0.2, 0) is 9.53 Å². The lowest BCUT2D eigenvalue weighted by atomic mass is 10.3. The van der Waals surface area contributed by atoms with Crippen LogP contribution in [0, 0.1) is 0 Å². The Labute approximate surface area is 112 Å². The molecule has 0 amide bonds. The Morgan fingerprint density at radius 1 is 1.28 bits per heavy atom. The Balaban J connectivity index is 0.00000289. The third-order valence-electron chi connectivity index (χ3n) is 1.97. The van der Waals surface area contributed by atoms with Gasteiger partial charge in [0.25, 0.3) is 0 Å². The van der Waals surface area contributed by atoms with Crippen molar-refractivity contribution in [2.45, 2.75) is 6.92 Å². The van der Waals surface area contributed by atoms with Crippen molar-refractivity contribution in [3.8, 4) is 11.5 Å². The molecule has 0 radical (unpaired) electrons. The Morgan fingerprint density at radius 3 is 2.50 bits per heavy atom. The number of halogens is 1. The molecule has 0 saturated carbocycles. The van der Waals surface area contributed by atoms with Crippen LogP contribution in [0.15, 0.2) is 23.2 Å². The number of aliphatic imine (C=N–C) groups is 1. The summed E-state index contributed by atoms with van der Waals surface area (Å²) in [6.45, 7) is 2.07. The summed E-state index contributed by atoms with van der Waals surface area (Å²) in [7, 11) is 3.09. The van der Waals surface area contributed by atoms with E-state index < -0.39 is 5.97 Å². The lowest BCUT2D eigenvalue weighted by Gasteiger charge is -2.07. The minimum Gasteiger partial charge on any atom is -0.493 e. The molecule has 0 spiro atoms. The Bertz CT molecular complexity index is 421. The zero-order chi connectivity index (χ0) is 12.7. The van der Waals surface area contributed by atoms with Crippen LogP contribution in [0.4, 0.5) is 5.69 Å². The van der Waals surface area contributed by atoms with E-state index in [0.29, 0.717) is 23.8 Å². The minimum absolute atomic E-state index is 0. The third kappa shape index (κ3) is 4.63. The number of methoxy groups -OCH3 is 2. The molecule has 0 bridgehead atoms. The van der Waals surface area contributed by atoms with Crippen molar-refractivity contribution in [1.29, 1.82) is 0 Å². The summed E-state index contributed by atoms with van der Waals surface area (Å²) in [4.78, 5) is 15.0. The van der Waals surface area contributed by atoms with Gasteiger partial charge < -0.3 is 14.2 Å². The third-order valence-corrected chi connectivity index (χ3v) is 1.97. The van der Waals surface area contributed by atoms with Gasteiger partial charge >= 0.3 is 5.97 Å². The smallest absolute Gasteiger partial charge is 0.349 e. The maximum atomic E-state index is 11.1. The largest absolute Gasteiger partial charge is 0.493 e. The maximum Gasteiger partial charge on any atom is 0.349 e. The zero-order valence-electron chi connectivity index (χ0n) is 10.5. The molecular weight excluding hydrogens is 258 g/mol. The molecule has 0 atom stereocenters. The molecule has 0 aliphatic heterocycles. The van der Waals surface area contributed by atoms with Gasteiger partial charge in [-0.25, -0.2) is 9.79 Å². The van der Waals surface area contributed by atoms with Crippen LogP contribution in [0.5, 0.6) is 11.5 Å². The summed E-state index contributed by atoms with van der Waals surface area (Å²) >= 11 is 0. The summed E-state index contributed by atoms with van der Waals surface area (Å²) in [6, 6.07) is 5.11. The summed E-state index contributed by atoms with van der Waals surface area (Å²) in [5.74, 6) is 0.705. The fourth-order valence-electron chi connectivity index (χ4n) is 1.21. The summed E-state index contributed by atoms with van der Waals surface area (Å²) < 4.78 is 14.9. The molecule has 1 aromatic carbocycles. The van der Waals surface area contributed by atoms with Gasteiger partial charge in [0, 0.05) is 6.07 Å². The molecule has 1 aromatic rings. The van der Waals surface area contributed by atoms with E-state index in [9.17, 15) is 4.79 Å². The zero-order valence-corrected chi connectivity index (χ0v) is 11.3. The van der Waals surface area contributed by atoms with Crippen LogP contribution in [0.1, 0.15) is 6.92 Å². The molecule has 0 fully saturated rings. The van der Waals surface area contributed by atoms with Crippen molar-refractivity contribution in [3.63, 3.8) is 0 Å². The first kappa shape index (κ1) is 16.2. The predicted octanol–water partition coefficient (Wildman–Crippen LogP) is 2.39. The Kier molecular flexibility index (Phi) is 7.54. The van der Waals surface area contributed by atoms with Crippen molar-refractivity contribution in [2.24, 2.45) is 4.99 Å². The van der Waals surface area contributed by atoms with E-state index in [1.807, 2.05) is 0 Å². The van der Waals surface area contributed by atoms with E-state index in [4.69, 9.17) is 14.2 Å². The molecule has 0 aliphatic rings. The predicted molar refractivity (Wildman–Crippen MR) is 71.6 cm³/mol. The molecule has 0 heterocycles. The quantitative estimate of drug-likeness (QED) is 0.611. The molecule has 0 N–H and O–H groups in total. The van der Waals surface area contributed by atoms with Gasteiger partial charge in [-0.05, 0) is 19.1 Å². The highest BCUT2D eigenvalue weighted by Crippen LogP contribution is 2.30. The van der Waals surface area contributed by atoms with Gasteiger partial charge in [0.1, 0.15) is 6.21 Å². The minimum atomic E-state index is -0.470. The second-order valence-electron chi connectivity index (χ2n) is 3.05. The number of esters is 1. The number of ether oxygens (including phenoxy) is 3. The number of rotatable bonds is 5. The Hall–Kier alpha value is -1.75. The first-order valence-electron chi connectivity index (χ1n) is 5.14. The standard InChI is InChI=1S/C12H15NO4.ClH/c1-4-17-12(14)8-13-9-5-6-10(15-2)11(7-9)16-3;/h5-8H,4H2,1-3H3;1H. The van der Waals surface area contributed by atoms with Gasteiger partial charge in [0.05, 0.1) is 26.5 Å². The highest BCUT2D eigenvalue weighted by Gasteiger charge is 2.03.